The molecule has 9 heteroatoms. The number of hydrogen-bond acceptors (Lipinski definition) is 6. The quantitative estimate of drug-likeness (QED) is 0.883. The van der Waals surface area contributed by atoms with Gasteiger partial charge in [0.05, 0.1) is 16.4 Å². The Labute approximate surface area is 122 Å². The predicted octanol–water partition coefficient (Wildman–Crippen LogP) is 0.602. The van der Waals surface area contributed by atoms with Crippen molar-refractivity contribution < 1.29 is 21.3 Å². The summed E-state index contributed by atoms with van der Waals surface area (Å²) in [6.45, 7) is 1.68. The van der Waals surface area contributed by atoms with Gasteiger partial charge in [0.2, 0.25) is 10.0 Å². The van der Waals surface area contributed by atoms with Crippen molar-refractivity contribution >= 4 is 31.0 Å². The van der Waals surface area contributed by atoms with Crippen molar-refractivity contribution in [1.82, 2.24) is 9.71 Å². The smallest absolute Gasteiger partial charge is 0.240 e. The summed E-state index contributed by atoms with van der Waals surface area (Å²) in [6.07, 6.45) is 0.297. The van der Waals surface area contributed by atoms with E-state index in [9.17, 15) is 16.8 Å². The number of aryl methyl sites for hydroxylation is 1. The lowest BCUT2D eigenvalue weighted by Crippen LogP contribution is -2.35. The molecule has 3 rings (SSSR count). The molecule has 7 nitrogen and oxygen atoms in total. The van der Waals surface area contributed by atoms with Gasteiger partial charge in [-0.25, -0.2) is 26.5 Å². The molecule has 1 aliphatic heterocycles. The van der Waals surface area contributed by atoms with E-state index < -0.39 is 25.9 Å². The monoisotopic (exact) mass is 330 g/mol. The average molecular weight is 330 g/mol. The number of nitrogens with zero attached hydrogens (tertiary/aromatic N) is 1. The number of benzene rings is 1. The van der Waals surface area contributed by atoms with E-state index in [0.29, 0.717) is 23.4 Å². The number of sulfone groups is 1. The summed E-state index contributed by atoms with van der Waals surface area (Å²) in [4.78, 5) is 4.13. The number of hydrogen-bond donors (Lipinski definition) is 1. The fraction of sp³-hybridized carbons (Fsp3) is 0.417. The van der Waals surface area contributed by atoms with E-state index in [-0.39, 0.29) is 16.4 Å². The molecule has 0 amide bonds. The fourth-order valence-electron chi connectivity index (χ4n) is 2.36. The summed E-state index contributed by atoms with van der Waals surface area (Å²) in [7, 11) is -6.92. The maximum absolute atomic E-state index is 12.3. The maximum atomic E-state index is 12.3. The van der Waals surface area contributed by atoms with Gasteiger partial charge in [-0.1, -0.05) is 0 Å². The summed E-state index contributed by atoms with van der Waals surface area (Å²) in [5.74, 6) is 0.311. The topological polar surface area (TPSA) is 106 Å². The van der Waals surface area contributed by atoms with Crippen molar-refractivity contribution in [2.24, 2.45) is 0 Å². The molecule has 1 fully saturated rings. The molecule has 2 aromatic rings. The largest absolute Gasteiger partial charge is 0.441 e. The molecule has 1 aliphatic rings. The number of sulfonamides is 1. The Morgan fingerprint density at radius 1 is 1.38 bits per heavy atom. The molecule has 1 saturated heterocycles. The van der Waals surface area contributed by atoms with Crippen molar-refractivity contribution in [3.8, 4) is 0 Å². The molecule has 114 valence electrons. The van der Waals surface area contributed by atoms with Crippen LogP contribution in [0.2, 0.25) is 0 Å². The summed E-state index contributed by atoms with van der Waals surface area (Å²) < 4.78 is 55.1. The first kappa shape index (κ1) is 14.5. The van der Waals surface area contributed by atoms with Crippen molar-refractivity contribution in [3.63, 3.8) is 0 Å². The molecule has 1 unspecified atom stereocenters. The van der Waals surface area contributed by atoms with Crippen molar-refractivity contribution in [1.29, 1.82) is 0 Å². The Balaban J connectivity index is 1.89. The Morgan fingerprint density at radius 2 is 2.14 bits per heavy atom. The Morgan fingerprint density at radius 3 is 2.81 bits per heavy atom. The van der Waals surface area contributed by atoms with Crippen LogP contribution < -0.4 is 4.72 Å². The minimum Gasteiger partial charge on any atom is -0.441 e. The van der Waals surface area contributed by atoms with E-state index in [1.165, 1.54) is 12.1 Å². The van der Waals surface area contributed by atoms with E-state index in [0.717, 1.165) is 0 Å². The van der Waals surface area contributed by atoms with Gasteiger partial charge in [0.25, 0.3) is 0 Å². The first-order valence-electron chi connectivity index (χ1n) is 6.35. The SMILES string of the molecule is Cc1nc2ccc(S(=O)(=O)NC3CCS(=O)(=O)C3)cc2o1. The van der Waals surface area contributed by atoms with Gasteiger partial charge < -0.3 is 4.42 Å². The Bertz CT molecular complexity index is 899. The molecule has 0 radical (unpaired) electrons. The van der Waals surface area contributed by atoms with Gasteiger partial charge in [-0.3, -0.25) is 0 Å². The molecule has 0 aliphatic carbocycles. The molecule has 1 atom stereocenters. The minimum atomic E-state index is -3.78. The molecule has 21 heavy (non-hydrogen) atoms. The van der Waals surface area contributed by atoms with Crippen LogP contribution in [0, 0.1) is 6.92 Å². The highest BCUT2D eigenvalue weighted by Crippen LogP contribution is 2.21. The summed E-state index contributed by atoms with van der Waals surface area (Å²) in [6, 6.07) is 3.80. The van der Waals surface area contributed by atoms with Gasteiger partial charge >= 0.3 is 0 Å². The molecule has 0 bridgehead atoms. The van der Waals surface area contributed by atoms with Crippen LogP contribution in [0.25, 0.3) is 11.1 Å². The lowest BCUT2D eigenvalue weighted by Gasteiger charge is -2.11. The molecule has 0 spiro atoms. The Kier molecular flexibility index (Phi) is 3.30. The van der Waals surface area contributed by atoms with Crippen LogP contribution in [0.15, 0.2) is 27.5 Å². The van der Waals surface area contributed by atoms with Crippen LogP contribution in [-0.4, -0.2) is 39.4 Å². The molecular weight excluding hydrogens is 316 g/mol. The first-order chi connectivity index (χ1) is 9.75. The van der Waals surface area contributed by atoms with Gasteiger partial charge in [0.1, 0.15) is 5.52 Å². The lowest BCUT2D eigenvalue weighted by molar-refractivity contribution is 0.555. The molecule has 1 N–H and O–H groups in total. The van der Waals surface area contributed by atoms with Crippen molar-refractivity contribution in [3.05, 3.63) is 24.1 Å². The summed E-state index contributed by atoms with van der Waals surface area (Å²) in [5.41, 5.74) is 0.962. The van der Waals surface area contributed by atoms with Crippen molar-refractivity contribution in [2.45, 2.75) is 24.3 Å². The second-order valence-corrected chi connectivity index (χ2v) is 9.03. The number of oxazole rings is 1. The van der Waals surface area contributed by atoms with E-state index in [2.05, 4.69) is 9.71 Å². The van der Waals surface area contributed by atoms with Gasteiger partial charge in [-0.15, -0.1) is 0 Å². The van der Waals surface area contributed by atoms with E-state index in [1.54, 1.807) is 13.0 Å². The van der Waals surface area contributed by atoms with Gasteiger partial charge in [0.15, 0.2) is 21.3 Å². The van der Waals surface area contributed by atoms with Gasteiger partial charge in [-0.05, 0) is 18.6 Å². The third-order valence-corrected chi connectivity index (χ3v) is 6.62. The number of aromatic nitrogens is 1. The third kappa shape index (κ3) is 2.94. The summed E-state index contributed by atoms with van der Waals surface area (Å²) >= 11 is 0. The second-order valence-electron chi connectivity index (χ2n) is 5.08. The van der Waals surface area contributed by atoms with E-state index >= 15 is 0 Å². The maximum Gasteiger partial charge on any atom is 0.240 e. The molecule has 0 saturated carbocycles. The first-order valence-corrected chi connectivity index (χ1v) is 9.66. The van der Waals surface area contributed by atoms with Crippen LogP contribution in [0.3, 0.4) is 0 Å². The normalized spacial score (nSPS) is 21.9. The van der Waals surface area contributed by atoms with Crippen LogP contribution in [0.1, 0.15) is 12.3 Å². The molecule has 1 aromatic carbocycles. The summed E-state index contributed by atoms with van der Waals surface area (Å²) in [5, 5.41) is 0. The van der Waals surface area contributed by atoms with Crippen LogP contribution >= 0.6 is 0 Å². The highest BCUT2D eigenvalue weighted by molar-refractivity contribution is 7.92. The zero-order valence-electron chi connectivity index (χ0n) is 11.2. The molecular formula is C12H14N2O5S2. The van der Waals surface area contributed by atoms with E-state index in [4.69, 9.17) is 4.42 Å². The van der Waals surface area contributed by atoms with Crippen LogP contribution in [-0.2, 0) is 19.9 Å². The van der Waals surface area contributed by atoms with Gasteiger partial charge in [-0.2, -0.15) is 0 Å². The zero-order chi connectivity index (χ0) is 15.3. The number of fused-ring (bicyclic) bond motifs is 1. The zero-order valence-corrected chi connectivity index (χ0v) is 12.9. The minimum absolute atomic E-state index is 0.0144. The lowest BCUT2D eigenvalue weighted by atomic mass is 10.3. The molecule has 2 heterocycles. The van der Waals surface area contributed by atoms with Crippen LogP contribution in [0.5, 0.6) is 0 Å². The van der Waals surface area contributed by atoms with Gasteiger partial charge in [0, 0.05) is 19.0 Å². The number of nitrogens with one attached hydrogen (secondary N) is 1. The van der Waals surface area contributed by atoms with Crippen LogP contribution in [0.4, 0.5) is 0 Å². The highest BCUT2D eigenvalue weighted by Gasteiger charge is 2.31. The fourth-order valence-corrected chi connectivity index (χ4v) is 5.43. The third-order valence-electron chi connectivity index (χ3n) is 3.33. The van der Waals surface area contributed by atoms with E-state index in [1.807, 2.05) is 0 Å². The standard InChI is InChI=1S/C12H14N2O5S2/c1-8-13-11-3-2-10(6-12(11)19-8)21(17,18)14-9-4-5-20(15,16)7-9/h2-3,6,9,14H,4-5,7H2,1H3. The average Bonchev–Trinajstić information content (AvgIpc) is 2.89. The van der Waals surface area contributed by atoms with Crippen molar-refractivity contribution in [2.75, 3.05) is 11.5 Å². The second kappa shape index (κ2) is 4.79. The molecule has 1 aromatic heterocycles. The Hall–Kier alpha value is -1.45. The predicted molar refractivity (Wildman–Crippen MR) is 76.1 cm³/mol. The number of rotatable bonds is 3. The highest BCUT2D eigenvalue weighted by atomic mass is 32.2.